The Morgan fingerprint density at radius 2 is 1.92 bits per heavy atom. The molecule has 1 aromatic rings. The zero-order valence-corrected chi connectivity index (χ0v) is 13.8. The summed E-state index contributed by atoms with van der Waals surface area (Å²) >= 11 is 0. The number of rotatable bonds is 2. The lowest BCUT2D eigenvalue weighted by Gasteiger charge is -2.43. The molecule has 1 amide bonds. The van der Waals surface area contributed by atoms with Gasteiger partial charge in [-0.05, 0) is 30.7 Å². The van der Waals surface area contributed by atoms with Crippen LogP contribution in [0, 0.1) is 0 Å². The molecule has 2 saturated heterocycles. The van der Waals surface area contributed by atoms with Gasteiger partial charge in [0.25, 0.3) is 5.91 Å². The number of carbonyl (C=O) groups is 1. The maximum atomic E-state index is 12.7. The largest absolute Gasteiger partial charge is 0.573 e. The molecule has 2 aliphatic heterocycles. The minimum Gasteiger partial charge on any atom is -0.406 e. The van der Waals surface area contributed by atoms with Gasteiger partial charge in [-0.1, -0.05) is 0 Å². The van der Waals surface area contributed by atoms with E-state index in [1.165, 1.54) is 17.0 Å². The number of alkyl halides is 3. The fraction of sp³-hybridized carbons (Fsp3) is 0.533. The van der Waals surface area contributed by atoms with E-state index < -0.39 is 39.1 Å². The molecule has 2 atom stereocenters. The third-order valence-electron chi connectivity index (χ3n) is 4.34. The average Bonchev–Trinajstić information content (AvgIpc) is 2.54. The molecule has 3 rings (SSSR count). The van der Waals surface area contributed by atoms with E-state index in [1.807, 2.05) is 0 Å². The summed E-state index contributed by atoms with van der Waals surface area (Å²) in [6.45, 7) is 0.469. The van der Waals surface area contributed by atoms with E-state index in [9.17, 15) is 26.4 Å². The Morgan fingerprint density at radius 1 is 1.24 bits per heavy atom. The van der Waals surface area contributed by atoms with Crippen LogP contribution in [0.5, 0.6) is 5.75 Å². The van der Waals surface area contributed by atoms with Crippen LogP contribution in [0.25, 0.3) is 0 Å². The minimum absolute atomic E-state index is 0.0507. The van der Waals surface area contributed by atoms with E-state index in [0.717, 1.165) is 12.1 Å². The number of ether oxygens (including phenoxy) is 2. The van der Waals surface area contributed by atoms with Crippen LogP contribution >= 0.6 is 0 Å². The molecule has 6 nitrogen and oxygen atoms in total. The Labute approximate surface area is 142 Å². The van der Waals surface area contributed by atoms with E-state index in [-0.39, 0.29) is 24.5 Å². The van der Waals surface area contributed by atoms with Crippen molar-refractivity contribution in [2.45, 2.75) is 24.1 Å². The smallest absolute Gasteiger partial charge is 0.406 e. The fourth-order valence-electron chi connectivity index (χ4n) is 3.16. The first-order valence-corrected chi connectivity index (χ1v) is 9.35. The third-order valence-corrected chi connectivity index (χ3v) is 6.47. The summed E-state index contributed by atoms with van der Waals surface area (Å²) in [6.07, 6.45) is -4.40. The molecule has 0 unspecified atom stereocenters. The van der Waals surface area contributed by atoms with E-state index in [2.05, 4.69) is 4.74 Å². The molecular weight excluding hydrogens is 363 g/mol. The normalized spacial score (nSPS) is 26.0. The van der Waals surface area contributed by atoms with E-state index >= 15 is 0 Å². The molecule has 0 saturated carbocycles. The van der Waals surface area contributed by atoms with Crippen molar-refractivity contribution in [2.24, 2.45) is 0 Å². The summed E-state index contributed by atoms with van der Waals surface area (Å²) in [5, 5.41) is -0.758. The monoisotopic (exact) mass is 379 g/mol. The van der Waals surface area contributed by atoms with Gasteiger partial charge in [0.1, 0.15) is 11.0 Å². The molecule has 10 heteroatoms. The Hall–Kier alpha value is -1.81. The molecular formula is C15H16F3NO5S. The van der Waals surface area contributed by atoms with Crippen LogP contribution in [-0.4, -0.2) is 62.4 Å². The van der Waals surface area contributed by atoms with E-state index in [0.29, 0.717) is 13.0 Å². The molecule has 2 heterocycles. The first-order chi connectivity index (χ1) is 11.7. The molecule has 0 aliphatic carbocycles. The first-order valence-electron chi connectivity index (χ1n) is 7.63. The van der Waals surface area contributed by atoms with Crippen molar-refractivity contribution in [1.29, 1.82) is 0 Å². The van der Waals surface area contributed by atoms with E-state index in [4.69, 9.17) is 4.74 Å². The lowest BCUT2D eigenvalue weighted by atomic mass is 10.0. The lowest BCUT2D eigenvalue weighted by molar-refractivity contribution is -0.274. The summed E-state index contributed by atoms with van der Waals surface area (Å²) in [4.78, 5) is 14.2. The van der Waals surface area contributed by atoms with Crippen molar-refractivity contribution in [3.8, 4) is 5.75 Å². The molecule has 2 fully saturated rings. The molecule has 138 valence electrons. The molecule has 0 spiro atoms. The number of benzene rings is 1. The van der Waals surface area contributed by atoms with Crippen molar-refractivity contribution >= 4 is 15.7 Å². The number of halogens is 3. The van der Waals surface area contributed by atoms with Gasteiger partial charge in [-0.25, -0.2) is 8.42 Å². The van der Waals surface area contributed by atoms with Crippen LogP contribution in [0.3, 0.4) is 0 Å². The predicted molar refractivity (Wildman–Crippen MR) is 81.0 cm³/mol. The maximum absolute atomic E-state index is 12.7. The maximum Gasteiger partial charge on any atom is 0.573 e. The summed E-state index contributed by atoms with van der Waals surface area (Å²) in [5.41, 5.74) is 0.180. The van der Waals surface area contributed by atoms with Crippen molar-refractivity contribution in [3.63, 3.8) is 0 Å². The van der Waals surface area contributed by atoms with Gasteiger partial charge in [0.05, 0.1) is 18.4 Å². The molecule has 0 radical (unpaired) electrons. The van der Waals surface area contributed by atoms with Crippen molar-refractivity contribution in [1.82, 2.24) is 4.90 Å². The van der Waals surface area contributed by atoms with Gasteiger partial charge in [-0.3, -0.25) is 4.79 Å². The van der Waals surface area contributed by atoms with Gasteiger partial charge in [0, 0.05) is 18.7 Å². The Kier molecular flexibility index (Phi) is 4.67. The van der Waals surface area contributed by atoms with Crippen LogP contribution < -0.4 is 4.74 Å². The molecule has 2 aliphatic rings. The second kappa shape index (κ2) is 6.49. The molecule has 25 heavy (non-hydrogen) atoms. The van der Waals surface area contributed by atoms with Gasteiger partial charge in [-0.2, -0.15) is 0 Å². The number of sulfone groups is 1. The number of nitrogens with zero attached hydrogens (tertiary/aromatic N) is 1. The van der Waals surface area contributed by atoms with Crippen LogP contribution in [0.2, 0.25) is 0 Å². The van der Waals surface area contributed by atoms with Gasteiger partial charge < -0.3 is 14.4 Å². The Morgan fingerprint density at radius 3 is 2.56 bits per heavy atom. The summed E-state index contributed by atoms with van der Waals surface area (Å²) in [7, 11) is -3.32. The molecule has 0 N–H and O–H groups in total. The van der Waals surface area contributed by atoms with Crippen LogP contribution in [0.1, 0.15) is 16.8 Å². The SMILES string of the molecule is O=C(c1ccc(OC(F)(F)F)cc1)N1CCS(=O)(=O)[C@@H]2COCC[C@H]21. The van der Waals surface area contributed by atoms with Crippen molar-refractivity contribution < 1.29 is 35.9 Å². The summed E-state index contributed by atoms with van der Waals surface area (Å²) in [5.74, 6) is -0.988. The number of hydrogen-bond acceptors (Lipinski definition) is 5. The quantitative estimate of drug-likeness (QED) is 0.781. The predicted octanol–water partition coefficient (Wildman–Crippen LogP) is 1.61. The standard InChI is InChI=1S/C15H16F3NO5S/c16-15(17,18)24-11-3-1-10(2-4-11)14(20)19-6-8-25(21,22)13-9-23-7-5-12(13)19/h1-4,12-13H,5-9H2/t12-,13-/m1/s1. The number of hydrogen-bond donors (Lipinski definition) is 0. The minimum atomic E-state index is -4.80. The zero-order chi connectivity index (χ0) is 18.2. The van der Waals surface area contributed by atoms with Crippen LogP contribution in [-0.2, 0) is 14.6 Å². The fourth-order valence-corrected chi connectivity index (χ4v) is 4.98. The molecule has 0 bridgehead atoms. The Balaban J connectivity index is 1.78. The highest BCUT2D eigenvalue weighted by molar-refractivity contribution is 7.92. The van der Waals surface area contributed by atoms with Gasteiger partial charge in [-0.15, -0.1) is 13.2 Å². The van der Waals surface area contributed by atoms with Crippen molar-refractivity contribution in [2.75, 3.05) is 25.5 Å². The number of amides is 1. The Bertz CT molecular complexity index is 747. The van der Waals surface area contributed by atoms with Gasteiger partial charge in [0.2, 0.25) is 0 Å². The van der Waals surface area contributed by atoms with Gasteiger partial charge >= 0.3 is 6.36 Å². The van der Waals surface area contributed by atoms with Crippen LogP contribution in [0.4, 0.5) is 13.2 Å². The summed E-state index contributed by atoms with van der Waals surface area (Å²) in [6, 6.07) is 4.11. The summed E-state index contributed by atoms with van der Waals surface area (Å²) < 4.78 is 69.9. The lowest BCUT2D eigenvalue weighted by Crippen LogP contribution is -2.60. The highest BCUT2D eigenvalue weighted by Crippen LogP contribution is 2.28. The van der Waals surface area contributed by atoms with E-state index in [1.54, 1.807) is 0 Å². The second-order valence-corrected chi connectivity index (χ2v) is 8.25. The second-order valence-electron chi connectivity index (χ2n) is 5.91. The highest BCUT2D eigenvalue weighted by atomic mass is 32.2. The van der Waals surface area contributed by atoms with Crippen LogP contribution in [0.15, 0.2) is 24.3 Å². The average molecular weight is 379 g/mol. The highest BCUT2D eigenvalue weighted by Gasteiger charge is 2.45. The van der Waals surface area contributed by atoms with Gasteiger partial charge in [0.15, 0.2) is 9.84 Å². The number of carbonyl (C=O) groups excluding carboxylic acids is 1. The topological polar surface area (TPSA) is 72.9 Å². The molecule has 1 aromatic carbocycles. The first kappa shape index (κ1) is 18.0. The third kappa shape index (κ3) is 3.90. The van der Waals surface area contributed by atoms with Crippen molar-refractivity contribution in [3.05, 3.63) is 29.8 Å². The molecule has 0 aromatic heterocycles. The zero-order valence-electron chi connectivity index (χ0n) is 13.0. The number of fused-ring (bicyclic) bond motifs is 1.